The monoisotopic (exact) mass is 412 g/mol. The van der Waals surface area contributed by atoms with Crippen LogP contribution in [-0.4, -0.2) is 82.7 Å². The number of morpholine rings is 1. The molecule has 0 radical (unpaired) electrons. The fourth-order valence-corrected chi connectivity index (χ4v) is 4.99. The van der Waals surface area contributed by atoms with E-state index < -0.39 is 16.0 Å². The summed E-state index contributed by atoms with van der Waals surface area (Å²) in [7, 11) is -2.26. The van der Waals surface area contributed by atoms with E-state index in [-0.39, 0.29) is 16.6 Å². The van der Waals surface area contributed by atoms with Gasteiger partial charge in [0.05, 0.1) is 25.2 Å². The molecule has 156 valence electrons. The fraction of sp³-hybridized carbons (Fsp3) is 0.632. The number of piperidine rings is 1. The third-order valence-corrected chi connectivity index (χ3v) is 7.08. The number of likely N-dealkylation sites (tertiary alicyclic amines) is 1. The molecule has 0 aliphatic carbocycles. The number of nitrogens with zero attached hydrogens (tertiary/aromatic N) is 2. The Labute approximate surface area is 166 Å². The van der Waals surface area contributed by atoms with Gasteiger partial charge in [-0.05, 0) is 44.1 Å². The smallest absolute Gasteiger partial charge is 0.342 e. The maximum atomic E-state index is 12.9. The number of likely N-dealkylation sites (N-methyl/N-ethyl adjacent to an activating group) is 1. The first-order chi connectivity index (χ1) is 13.5. The molecule has 0 amide bonds. The lowest BCUT2D eigenvalue weighted by Crippen LogP contribution is -2.41. The molecule has 0 aromatic heterocycles. The summed E-state index contributed by atoms with van der Waals surface area (Å²) in [6, 6.07) is 4.31. The number of carbonyl (C=O) groups excluding carboxylic acids is 1. The molecule has 2 aliphatic rings. The van der Waals surface area contributed by atoms with Crippen molar-refractivity contribution in [1.82, 2.24) is 9.21 Å². The third-order valence-electron chi connectivity index (χ3n) is 5.18. The van der Waals surface area contributed by atoms with Crippen LogP contribution in [0.3, 0.4) is 0 Å². The van der Waals surface area contributed by atoms with E-state index in [9.17, 15) is 13.2 Å². The van der Waals surface area contributed by atoms with Gasteiger partial charge >= 0.3 is 5.97 Å². The van der Waals surface area contributed by atoms with Crippen LogP contribution >= 0.6 is 0 Å². The lowest BCUT2D eigenvalue weighted by Gasteiger charge is -2.31. The second-order valence-corrected chi connectivity index (χ2v) is 8.88. The van der Waals surface area contributed by atoms with Gasteiger partial charge < -0.3 is 14.2 Å². The van der Waals surface area contributed by atoms with Gasteiger partial charge in [-0.25, -0.2) is 13.2 Å². The van der Waals surface area contributed by atoms with Crippen LogP contribution in [0.25, 0.3) is 0 Å². The maximum Gasteiger partial charge on any atom is 0.342 e. The van der Waals surface area contributed by atoms with Gasteiger partial charge in [0.1, 0.15) is 17.4 Å². The van der Waals surface area contributed by atoms with E-state index in [1.54, 1.807) is 0 Å². The minimum absolute atomic E-state index is 0.0565. The molecule has 3 rings (SSSR count). The third kappa shape index (κ3) is 4.65. The second-order valence-electron chi connectivity index (χ2n) is 6.94. The Bertz CT molecular complexity index is 792. The Hall–Kier alpha value is -1.68. The maximum absolute atomic E-state index is 12.9. The van der Waals surface area contributed by atoms with Gasteiger partial charge in [-0.1, -0.05) is 6.92 Å². The summed E-state index contributed by atoms with van der Waals surface area (Å²) in [5, 5.41) is 0. The number of hydrogen-bond acceptors (Lipinski definition) is 7. The second kappa shape index (κ2) is 9.21. The van der Waals surface area contributed by atoms with Crippen molar-refractivity contribution in [3.63, 3.8) is 0 Å². The SMILES string of the molecule is CCN1CCCC(OC(=O)c2cc(S(=O)(=O)N3CCOCC3)ccc2OC)C1. The summed E-state index contributed by atoms with van der Waals surface area (Å²) in [6.07, 6.45) is 1.57. The number of esters is 1. The predicted octanol–water partition coefficient (Wildman–Crippen LogP) is 1.36. The Morgan fingerprint density at radius 3 is 2.68 bits per heavy atom. The molecule has 9 heteroatoms. The molecule has 0 bridgehead atoms. The van der Waals surface area contributed by atoms with Crippen molar-refractivity contribution in [1.29, 1.82) is 0 Å². The van der Waals surface area contributed by atoms with E-state index in [1.165, 1.54) is 29.6 Å². The van der Waals surface area contributed by atoms with Crippen LogP contribution in [0.5, 0.6) is 5.75 Å². The molecular formula is C19H28N2O6S. The molecule has 28 heavy (non-hydrogen) atoms. The fourth-order valence-electron chi connectivity index (χ4n) is 3.55. The van der Waals surface area contributed by atoms with Crippen LogP contribution in [0.1, 0.15) is 30.1 Å². The first-order valence-corrected chi connectivity index (χ1v) is 11.1. The Morgan fingerprint density at radius 1 is 1.25 bits per heavy atom. The van der Waals surface area contributed by atoms with E-state index >= 15 is 0 Å². The van der Waals surface area contributed by atoms with Crippen molar-refractivity contribution < 1.29 is 27.4 Å². The molecule has 2 heterocycles. The highest BCUT2D eigenvalue weighted by Gasteiger charge is 2.29. The molecule has 8 nitrogen and oxygen atoms in total. The normalized spacial score (nSPS) is 22.0. The van der Waals surface area contributed by atoms with Gasteiger partial charge in [0.25, 0.3) is 0 Å². The van der Waals surface area contributed by atoms with E-state index in [2.05, 4.69) is 11.8 Å². The molecule has 0 saturated carbocycles. The minimum Gasteiger partial charge on any atom is -0.496 e. The van der Waals surface area contributed by atoms with Crippen LogP contribution in [0, 0.1) is 0 Å². The molecule has 2 saturated heterocycles. The van der Waals surface area contributed by atoms with Crippen LogP contribution in [0.2, 0.25) is 0 Å². The Morgan fingerprint density at radius 2 is 2.00 bits per heavy atom. The van der Waals surface area contributed by atoms with E-state index in [0.717, 1.165) is 25.9 Å². The molecule has 1 aromatic rings. The summed E-state index contributed by atoms with van der Waals surface area (Å²) >= 11 is 0. The molecule has 2 fully saturated rings. The minimum atomic E-state index is -3.71. The standard InChI is InChI=1S/C19H28N2O6S/c1-3-20-8-4-5-15(14-20)27-19(22)17-13-16(6-7-18(17)25-2)28(23,24)21-9-11-26-12-10-21/h6-7,13,15H,3-5,8-12,14H2,1-2H3. The zero-order chi connectivity index (χ0) is 20.1. The highest BCUT2D eigenvalue weighted by molar-refractivity contribution is 7.89. The van der Waals surface area contributed by atoms with Crippen molar-refractivity contribution in [2.45, 2.75) is 30.8 Å². The molecule has 1 atom stereocenters. The molecule has 1 unspecified atom stereocenters. The lowest BCUT2D eigenvalue weighted by atomic mass is 10.1. The van der Waals surface area contributed by atoms with E-state index in [0.29, 0.717) is 38.6 Å². The highest BCUT2D eigenvalue weighted by atomic mass is 32.2. The molecule has 0 N–H and O–H groups in total. The van der Waals surface area contributed by atoms with E-state index in [1.807, 2.05) is 0 Å². The van der Waals surface area contributed by atoms with Crippen LogP contribution in [-0.2, 0) is 19.5 Å². The Kier molecular flexibility index (Phi) is 6.92. The number of ether oxygens (including phenoxy) is 3. The van der Waals surface area contributed by atoms with Crippen LogP contribution in [0.4, 0.5) is 0 Å². The molecular weight excluding hydrogens is 384 g/mol. The summed E-state index contributed by atoms with van der Waals surface area (Å²) in [4.78, 5) is 15.1. The highest BCUT2D eigenvalue weighted by Crippen LogP contribution is 2.27. The summed E-state index contributed by atoms with van der Waals surface area (Å²) in [5.41, 5.74) is 0.130. The van der Waals surface area contributed by atoms with Gasteiger partial charge in [0.15, 0.2) is 0 Å². The Balaban J connectivity index is 1.81. The first-order valence-electron chi connectivity index (χ1n) is 9.65. The van der Waals surface area contributed by atoms with Crippen LogP contribution < -0.4 is 4.74 Å². The van der Waals surface area contributed by atoms with Gasteiger partial charge in [-0.2, -0.15) is 4.31 Å². The number of hydrogen-bond donors (Lipinski definition) is 0. The number of methoxy groups -OCH3 is 1. The lowest BCUT2D eigenvalue weighted by molar-refractivity contribution is 0.00744. The molecule has 1 aromatic carbocycles. The zero-order valence-electron chi connectivity index (χ0n) is 16.4. The average Bonchev–Trinajstić information content (AvgIpc) is 2.74. The summed E-state index contributed by atoms with van der Waals surface area (Å²) < 4.78 is 43.4. The van der Waals surface area contributed by atoms with Crippen molar-refractivity contribution in [2.75, 3.05) is 53.0 Å². The van der Waals surface area contributed by atoms with E-state index in [4.69, 9.17) is 14.2 Å². The summed E-state index contributed by atoms with van der Waals surface area (Å²) in [5.74, 6) is -0.257. The van der Waals surface area contributed by atoms with Gasteiger partial charge in [-0.15, -0.1) is 0 Å². The van der Waals surface area contributed by atoms with Crippen LogP contribution in [0.15, 0.2) is 23.1 Å². The molecule has 2 aliphatic heterocycles. The van der Waals surface area contributed by atoms with Crippen molar-refractivity contribution in [3.8, 4) is 5.75 Å². The van der Waals surface area contributed by atoms with Gasteiger partial charge in [-0.3, -0.25) is 4.90 Å². The van der Waals surface area contributed by atoms with Gasteiger partial charge in [0.2, 0.25) is 10.0 Å². The first kappa shape index (κ1) is 21.0. The van der Waals surface area contributed by atoms with Crippen molar-refractivity contribution in [3.05, 3.63) is 23.8 Å². The summed E-state index contributed by atoms with van der Waals surface area (Å²) in [6.45, 7) is 5.99. The number of benzene rings is 1. The molecule has 0 spiro atoms. The number of carbonyl (C=O) groups is 1. The van der Waals surface area contributed by atoms with Crippen molar-refractivity contribution >= 4 is 16.0 Å². The quantitative estimate of drug-likeness (QED) is 0.652. The zero-order valence-corrected chi connectivity index (χ0v) is 17.2. The largest absolute Gasteiger partial charge is 0.496 e. The average molecular weight is 413 g/mol. The predicted molar refractivity (Wildman–Crippen MR) is 103 cm³/mol. The van der Waals surface area contributed by atoms with Crippen molar-refractivity contribution in [2.24, 2.45) is 0 Å². The van der Waals surface area contributed by atoms with Gasteiger partial charge in [0, 0.05) is 19.6 Å². The number of sulfonamides is 1. The number of rotatable bonds is 6. The topological polar surface area (TPSA) is 85.4 Å².